The quantitative estimate of drug-likeness (QED) is 0.0136. The molecule has 4 unspecified atom stereocenters. The average molecular weight is 1140 g/mol. The number of hydrogen-bond acceptors (Lipinski definition) is 14. The van der Waals surface area contributed by atoms with Gasteiger partial charge in [-0.05, 0) is 80.0 Å². The number of carbonyl (C=O) groups is 9. The summed E-state index contributed by atoms with van der Waals surface area (Å²) in [4.78, 5) is 113. The lowest BCUT2D eigenvalue weighted by Gasteiger charge is -2.35. The highest BCUT2D eigenvalue weighted by atomic mass is 127. The van der Waals surface area contributed by atoms with Crippen LogP contribution in [-0.2, 0) is 58.8 Å². The van der Waals surface area contributed by atoms with E-state index in [4.69, 9.17) is 21.1 Å². The maximum Gasteiger partial charge on any atom is 0.326 e. The van der Waals surface area contributed by atoms with Crippen LogP contribution in [0.1, 0.15) is 109 Å². The predicted molar refractivity (Wildman–Crippen MR) is 273 cm³/mol. The number of benzene rings is 1. The number of rotatable bonds is 40. The number of anilines is 1. The summed E-state index contributed by atoms with van der Waals surface area (Å²) in [6, 6.07) is 3.32. The number of carboxylic acid groups (broad SMARTS) is 2. The molecule has 0 aliphatic carbocycles. The van der Waals surface area contributed by atoms with Gasteiger partial charge in [0.1, 0.15) is 35.7 Å². The molecule has 0 fully saturated rings. The van der Waals surface area contributed by atoms with E-state index in [1.54, 1.807) is 12.1 Å². The van der Waals surface area contributed by atoms with E-state index < -0.39 is 87.8 Å². The number of hydrazine groups is 1. The lowest BCUT2D eigenvalue weighted by Crippen LogP contribution is -2.45. The zero-order valence-electron chi connectivity index (χ0n) is 41.1. The van der Waals surface area contributed by atoms with Gasteiger partial charge in [0, 0.05) is 73.3 Å². The highest BCUT2D eigenvalue weighted by Crippen LogP contribution is 2.36. The molecule has 26 heteroatoms. The van der Waals surface area contributed by atoms with Crippen molar-refractivity contribution < 1.29 is 67.0 Å². The highest BCUT2D eigenvalue weighted by Gasteiger charge is 2.33. The van der Waals surface area contributed by atoms with E-state index in [2.05, 4.69) is 64.6 Å². The molecular weight excluding hydrogens is 1060 g/mol. The van der Waals surface area contributed by atoms with Crippen molar-refractivity contribution in [1.82, 2.24) is 36.7 Å². The third kappa shape index (κ3) is 31.1. The zero-order chi connectivity index (χ0) is 53.4. The van der Waals surface area contributed by atoms with E-state index in [1.165, 1.54) is 0 Å². The molecular formula is C45H75IN10O14S. The minimum absolute atomic E-state index is 0.0168. The van der Waals surface area contributed by atoms with Crippen molar-refractivity contribution in [2.75, 3.05) is 68.1 Å². The van der Waals surface area contributed by atoms with Crippen molar-refractivity contribution in [3.05, 3.63) is 29.8 Å². The second-order valence-corrected chi connectivity index (χ2v) is 20.6. The fourth-order valence-electron chi connectivity index (χ4n) is 7.25. The molecule has 24 nitrogen and oxygen atoms in total. The Bertz CT molecular complexity index is 1910. The van der Waals surface area contributed by atoms with Crippen molar-refractivity contribution in [1.29, 1.82) is 0 Å². The van der Waals surface area contributed by atoms with Crippen LogP contribution in [0.5, 0.6) is 0 Å². The number of halogens is 1. The third-order valence-corrected chi connectivity index (χ3v) is 11.9. The van der Waals surface area contributed by atoms with Gasteiger partial charge in [0.25, 0.3) is 5.91 Å². The van der Waals surface area contributed by atoms with Crippen LogP contribution in [-0.4, -0.2) is 149 Å². The van der Waals surface area contributed by atoms with Crippen molar-refractivity contribution in [3.63, 3.8) is 0 Å². The van der Waals surface area contributed by atoms with Gasteiger partial charge >= 0.3 is 11.9 Å². The van der Waals surface area contributed by atoms with Crippen LogP contribution in [0.4, 0.5) is 5.69 Å². The van der Waals surface area contributed by atoms with Gasteiger partial charge in [0.15, 0.2) is 0 Å². The number of nitrogens with one attached hydrogen (secondary N) is 8. The first-order valence-corrected chi connectivity index (χ1v) is 26.2. The smallest absolute Gasteiger partial charge is 0.326 e. The van der Waals surface area contributed by atoms with Crippen LogP contribution in [0.25, 0.3) is 0 Å². The van der Waals surface area contributed by atoms with Gasteiger partial charge < -0.3 is 62.6 Å². The Kier molecular flexibility index (Phi) is 31.7. The molecule has 1 rings (SSSR count). The van der Waals surface area contributed by atoms with Gasteiger partial charge in [-0.2, -0.15) is 4.83 Å². The molecule has 7 amide bonds. The molecule has 0 radical (unpaired) electrons. The summed E-state index contributed by atoms with van der Waals surface area (Å²) >= 11 is 2.27. The van der Waals surface area contributed by atoms with Crippen LogP contribution in [0, 0.1) is 10.8 Å². The summed E-state index contributed by atoms with van der Waals surface area (Å²) in [5, 5.41) is 38.1. The first kappa shape index (κ1) is 64.0. The summed E-state index contributed by atoms with van der Waals surface area (Å²) < 4.78 is 23.0. The van der Waals surface area contributed by atoms with Crippen LogP contribution in [0.3, 0.4) is 0 Å². The van der Waals surface area contributed by atoms with Gasteiger partial charge in [0.05, 0.1) is 19.8 Å². The van der Waals surface area contributed by atoms with Crippen LogP contribution < -0.4 is 53.6 Å². The van der Waals surface area contributed by atoms with Crippen molar-refractivity contribution in [3.8, 4) is 0 Å². The maximum absolute atomic E-state index is 13.0. The molecule has 0 saturated carbocycles. The Balaban J connectivity index is 2.33. The number of carbonyl (C=O) groups excluding carboxylic acids is 7. The van der Waals surface area contributed by atoms with E-state index in [0.717, 1.165) is 16.7 Å². The van der Waals surface area contributed by atoms with E-state index in [0.29, 0.717) is 44.3 Å². The second-order valence-electron chi connectivity index (χ2n) is 18.2. The number of aliphatic carboxylic acids is 2. The molecule has 71 heavy (non-hydrogen) atoms. The monoisotopic (exact) mass is 1140 g/mol. The second kappa shape index (κ2) is 35.2. The van der Waals surface area contributed by atoms with Crippen molar-refractivity contribution in [2.45, 2.75) is 116 Å². The number of nitrogens with two attached hydrogens (primary N) is 2. The third-order valence-electron chi connectivity index (χ3n) is 10.4. The van der Waals surface area contributed by atoms with Crippen LogP contribution in [0.2, 0.25) is 0 Å². The molecule has 1 aromatic carbocycles. The SMILES string of the molecule is CC(C)(CNC(=O)CCCS(=O)NN)CC(C)(C)CC(=O)NC(CCC(=O)NC(CCC(=O)NCCOCCOCC(=O)NC(CCCCNC(=O)c1ccc(NCCI)cc1)C(N)=O)C(=O)O)C(=O)O. The van der Waals surface area contributed by atoms with Gasteiger partial charge in [-0.15, -0.1) is 0 Å². The molecule has 0 spiro atoms. The largest absolute Gasteiger partial charge is 0.480 e. The van der Waals surface area contributed by atoms with Gasteiger partial charge in [-0.25, -0.2) is 13.8 Å². The Hall–Kier alpha value is -5.03. The van der Waals surface area contributed by atoms with Crippen molar-refractivity contribution in [2.24, 2.45) is 22.4 Å². The number of primary amides is 1. The van der Waals surface area contributed by atoms with Gasteiger partial charge in [-0.3, -0.25) is 39.4 Å². The first-order valence-electron chi connectivity index (χ1n) is 23.3. The van der Waals surface area contributed by atoms with Gasteiger partial charge in [-0.1, -0.05) is 50.3 Å². The van der Waals surface area contributed by atoms with Crippen LogP contribution in [0.15, 0.2) is 24.3 Å². The number of alkyl halides is 1. The standard InChI is InChI=1S/C45H75IN10O14S/c1-44(2,28-45(3,4)29-52-35(57)9-7-25-71(68)56-48)26-38(60)55-34(43(66)67)15-17-37(59)54-33(42(64)65)14-16-36(58)50-21-22-69-23-24-70-27-39(61)53-32(40(47)62)8-5-6-19-51-41(63)30-10-12-31(13-11-30)49-20-18-46/h10-13,32-34,49,56H,5-9,14-29,48H2,1-4H3,(H2,47,62)(H,50,58)(H,51,63)(H,52,57)(H,53,61)(H,54,59)(H,55,60)(H,64,65)(H,66,67). The summed E-state index contributed by atoms with van der Waals surface area (Å²) in [6.07, 6.45) is 0.971. The molecule has 0 aliphatic heterocycles. The average Bonchev–Trinajstić information content (AvgIpc) is 3.29. The summed E-state index contributed by atoms with van der Waals surface area (Å²) in [5.41, 5.74) is 5.84. The Morgan fingerprint density at radius 2 is 1.25 bits per heavy atom. The Morgan fingerprint density at radius 3 is 1.86 bits per heavy atom. The Morgan fingerprint density at radius 1 is 0.662 bits per heavy atom. The summed E-state index contributed by atoms with van der Waals surface area (Å²) in [6.45, 7) is 8.81. The normalized spacial score (nSPS) is 13.1. The van der Waals surface area contributed by atoms with E-state index in [-0.39, 0.29) is 89.1 Å². The van der Waals surface area contributed by atoms with E-state index in [9.17, 15) is 57.6 Å². The molecule has 1 aromatic rings. The van der Waals surface area contributed by atoms with E-state index in [1.807, 2.05) is 39.8 Å². The van der Waals surface area contributed by atoms with Crippen LogP contribution >= 0.6 is 22.6 Å². The van der Waals surface area contributed by atoms with Crippen molar-refractivity contribution >= 4 is 92.6 Å². The molecule has 0 aromatic heterocycles. The fourth-order valence-corrected chi connectivity index (χ4v) is 8.04. The molecule has 14 N–H and O–H groups in total. The summed E-state index contributed by atoms with van der Waals surface area (Å²) in [5.74, 6) is -1.07. The Labute approximate surface area is 431 Å². The minimum Gasteiger partial charge on any atom is -0.480 e. The molecule has 4 atom stereocenters. The molecule has 0 heterocycles. The molecule has 402 valence electrons. The number of amides is 7. The molecule has 0 aliphatic rings. The number of hydrogen-bond donors (Lipinski definition) is 12. The lowest BCUT2D eigenvalue weighted by atomic mass is 9.73. The zero-order valence-corrected chi connectivity index (χ0v) is 44.1. The predicted octanol–water partition coefficient (Wildman–Crippen LogP) is 0.108. The number of unbranched alkanes of at least 4 members (excludes halogenated alkanes) is 1. The van der Waals surface area contributed by atoms with E-state index >= 15 is 0 Å². The molecule has 0 saturated heterocycles. The fraction of sp³-hybridized carbons (Fsp3) is 0.667. The summed E-state index contributed by atoms with van der Waals surface area (Å²) in [7, 11) is -1.41. The van der Waals surface area contributed by atoms with Gasteiger partial charge in [0.2, 0.25) is 35.4 Å². The highest BCUT2D eigenvalue weighted by molar-refractivity contribution is 14.1. The minimum atomic E-state index is -1.45. The maximum atomic E-state index is 13.0. The number of carboxylic acids is 2. The molecule has 0 bridgehead atoms. The first-order chi connectivity index (χ1) is 33.5. The topological polar surface area (TPSA) is 378 Å². The number of ether oxygens (including phenoxy) is 2. The lowest BCUT2D eigenvalue weighted by molar-refractivity contribution is -0.143.